The Labute approximate surface area is 287 Å². The van der Waals surface area contributed by atoms with Gasteiger partial charge in [-0.2, -0.15) is 0 Å². The van der Waals surface area contributed by atoms with Gasteiger partial charge in [0.2, 0.25) is 0 Å². The van der Waals surface area contributed by atoms with Crippen LogP contribution in [0.15, 0.2) is 192 Å². The van der Waals surface area contributed by atoms with Gasteiger partial charge in [-0.25, -0.2) is 0 Å². The third kappa shape index (κ3) is 4.68. The van der Waals surface area contributed by atoms with Gasteiger partial charge in [0.15, 0.2) is 0 Å². The summed E-state index contributed by atoms with van der Waals surface area (Å²) in [7, 11) is 0. The van der Waals surface area contributed by atoms with E-state index in [1.54, 1.807) is 0 Å². The fraction of sp³-hybridized carbons (Fsp3) is 0.125. The Morgan fingerprint density at radius 3 is 2.04 bits per heavy atom. The van der Waals surface area contributed by atoms with Gasteiger partial charge in [0, 0.05) is 28.5 Å². The Morgan fingerprint density at radius 2 is 1.16 bits per heavy atom. The Morgan fingerprint density at radius 1 is 0.490 bits per heavy atom. The van der Waals surface area contributed by atoms with Gasteiger partial charge in [-0.05, 0) is 85.9 Å². The number of rotatable bonds is 4. The summed E-state index contributed by atoms with van der Waals surface area (Å²) < 4.78 is 6.10. The second kappa shape index (κ2) is 11.5. The first-order valence-electron chi connectivity index (χ1n) is 17.6. The highest BCUT2D eigenvalue weighted by molar-refractivity contribution is 6.06. The van der Waals surface area contributed by atoms with E-state index in [0.717, 1.165) is 28.4 Å². The minimum Gasteiger partial charge on any atom is -0.456 e. The third-order valence-electron chi connectivity index (χ3n) is 11.3. The molecule has 5 unspecified atom stereocenters. The van der Waals surface area contributed by atoms with E-state index < -0.39 is 0 Å². The monoisotopic (exact) mass is 628 g/mol. The molecule has 0 bridgehead atoms. The zero-order chi connectivity index (χ0) is 32.3. The van der Waals surface area contributed by atoms with E-state index in [9.17, 15) is 0 Å². The van der Waals surface area contributed by atoms with Crippen molar-refractivity contribution in [3.63, 3.8) is 0 Å². The Hall–Kier alpha value is -5.66. The zero-order valence-corrected chi connectivity index (χ0v) is 27.2. The molecule has 1 heterocycles. The van der Waals surface area contributed by atoms with Gasteiger partial charge >= 0.3 is 0 Å². The number of furan rings is 1. The van der Waals surface area contributed by atoms with E-state index in [4.69, 9.17) is 4.42 Å². The molecule has 0 spiro atoms. The minimum absolute atomic E-state index is 0.273. The summed E-state index contributed by atoms with van der Waals surface area (Å²) in [6.45, 7) is 0. The molecule has 0 amide bonds. The predicted molar refractivity (Wildman–Crippen MR) is 204 cm³/mol. The molecule has 0 saturated carbocycles. The van der Waals surface area contributed by atoms with Crippen molar-refractivity contribution in [2.45, 2.75) is 6.42 Å². The van der Waals surface area contributed by atoms with E-state index >= 15 is 0 Å². The van der Waals surface area contributed by atoms with Gasteiger partial charge in [-0.15, -0.1) is 0 Å². The molecule has 0 saturated heterocycles. The predicted octanol–water partition coefficient (Wildman–Crippen LogP) is 10.3. The van der Waals surface area contributed by atoms with Gasteiger partial charge in [0.1, 0.15) is 11.2 Å². The fourth-order valence-corrected chi connectivity index (χ4v) is 9.04. The SMILES string of the molecule is C1=CC2=CC=CC(C3C=CC=C(C4=c5ccccc5=C(c5ccc(-c6ccc7oc8ccccc8c7c6)cc5)C5C=CC=CC45)C3)C2C=C1. The fourth-order valence-electron chi connectivity index (χ4n) is 9.04. The molecular formula is C48H36O. The van der Waals surface area contributed by atoms with Crippen LogP contribution >= 0.6 is 0 Å². The largest absolute Gasteiger partial charge is 0.456 e. The van der Waals surface area contributed by atoms with Crippen molar-refractivity contribution in [2.75, 3.05) is 0 Å². The highest BCUT2D eigenvalue weighted by Gasteiger charge is 2.35. The second-order valence-corrected chi connectivity index (χ2v) is 13.9. The first kappa shape index (κ1) is 28.4. The molecule has 10 rings (SSSR count). The maximum absolute atomic E-state index is 6.10. The normalized spacial score (nSPS) is 24.9. The lowest BCUT2D eigenvalue weighted by Gasteiger charge is -2.37. The summed E-state index contributed by atoms with van der Waals surface area (Å²) in [6, 6.07) is 33.2. The molecule has 49 heavy (non-hydrogen) atoms. The van der Waals surface area contributed by atoms with Crippen LogP contribution in [0.2, 0.25) is 0 Å². The van der Waals surface area contributed by atoms with Crippen LogP contribution in [0.4, 0.5) is 0 Å². The minimum atomic E-state index is 0.273. The number of hydrogen-bond acceptors (Lipinski definition) is 1. The highest BCUT2D eigenvalue weighted by Crippen LogP contribution is 2.45. The lowest BCUT2D eigenvalue weighted by Crippen LogP contribution is -2.40. The molecule has 5 aliphatic carbocycles. The summed E-state index contributed by atoms with van der Waals surface area (Å²) in [4.78, 5) is 0. The van der Waals surface area contributed by atoms with Crippen molar-refractivity contribution in [1.82, 2.24) is 0 Å². The topological polar surface area (TPSA) is 13.1 Å². The number of benzene rings is 4. The Bertz CT molecular complexity index is 2530. The molecule has 4 aromatic carbocycles. The maximum Gasteiger partial charge on any atom is 0.135 e. The third-order valence-corrected chi connectivity index (χ3v) is 11.3. The van der Waals surface area contributed by atoms with Crippen molar-refractivity contribution in [2.24, 2.45) is 29.6 Å². The van der Waals surface area contributed by atoms with Gasteiger partial charge in [-0.3, -0.25) is 0 Å². The van der Waals surface area contributed by atoms with Crippen LogP contribution in [-0.4, -0.2) is 0 Å². The summed E-state index contributed by atoms with van der Waals surface area (Å²) in [5.41, 5.74) is 11.4. The van der Waals surface area contributed by atoms with E-state index in [1.807, 2.05) is 12.1 Å². The molecular weight excluding hydrogens is 593 g/mol. The Kier molecular flexibility index (Phi) is 6.65. The molecule has 0 radical (unpaired) electrons. The van der Waals surface area contributed by atoms with Crippen LogP contribution in [0.25, 0.3) is 44.2 Å². The standard InChI is InChI=1S/C48H36O/c1-2-15-37-32(11-1)12-10-21-38(37)35-13-9-14-36(29-35)48-42-19-5-3-17-40(42)47(41-18-4-6-20-43(41)48)33-25-23-31(24-26-33)34-27-28-46-44(30-34)39-16-7-8-22-45(39)49-46/h1-28,30,35,37-38,40,42H,29H2. The average molecular weight is 629 g/mol. The van der Waals surface area contributed by atoms with Crippen LogP contribution in [-0.2, 0) is 0 Å². The maximum atomic E-state index is 6.10. The van der Waals surface area contributed by atoms with E-state index in [1.165, 1.54) is 49.4 Å². The van der Waals surface area contributed by atoms with Crippen molar-refractivity contribution in [3.8, 4) is 11.1 Å². The Balaban J connectivity index is 1.06. The first-order valence-corrected chi connectivity index (χ1v) is 17.6. The number of hydrogen-bond donors (Lipinski definition) is 0. The smallest absolute Gasteiger partial charge is 0.135 e. The number of allylic oxidation sites excluding steroid dienone is 16. The van der Waals surface area contributed by atoms with Gasteiger partial charge < -0.3 is 4.42 Å². The van der Waals surface area contributed by atoms with Crippen LogP contribution < -0.4 is 10.4 Å². The molecule has 5 atom stereocenters. The van der Waals surface area contributed by atoms with Crippen LogP contribution in [0.1, 0.15) is 12.0 Å². The molecule has 1 aromatic heterocycles. The van der Waals surface area contributed by atoms with E-state index in [2.05, 4.69) is 164 Å². The van der Waals surface area contributed by atoms with Gasteiger partial charge in [0.25, 0.3) is 0 Å². The summed E-state index contributed by atoms with van der Waals surface area (Å²) >= 11 is 0. The van der Waals surface area contributed by atoms with Crippen molar-refractivity contribution < 1.29 is 4.42 Å². The van der Waals surface area contributed by atoms with Crippen LogP contribution in [0.5, 0.6) is 0 Å². The second-order valence-electron chi connectivity index (χ2n) is 13.9. The van der Waals surface area contributed by atoms with Crippen LogP contribution in [0.3, 0.4) is 0 Å². The molecule has 234 valence electrons. The molecule has 5 aromatic rings. The molecule has 0 aliphatic heterocycles. The van der Waals surface area contributed by atoms with E-state index in [-0.39, 0.29) is 5.92 Å². The molecule has 0 fully saturated rings. The summed E-state index contributed by atoms with van der Waals surface area (Å²) in [5.74, 6) is 1.93. The lowest BCUT2D eigenvalue weighted by molar-refractivity contribution is 0.402. The summed E-state index contributed by atoms with van der Waals surface area (Å²) in [6.07, 6.45) is 33.6. The molecule has 1 heteroatoms. The lowest BCUT2D eigenvalue weighted by atomic mass is 9.66. The van der Waals surface area contributed by atoms with Crippen LogP contribution in [0, 0.1) is 29.6 Å². The quantitative estimate of drug-likeness (QED) is 0.193. The van der Waals surface area contributed by atoms with Gasteiger partial charge in [0.05, 0.1) is 0 Å². The van der Waals surface area contributed by atoms with Crippen molar-refractivity contribution >= 4 is 33.1 Å². The molecule has 1 nitrogen and oxygen atoms in total. The van der Waals surface area contributed by atoms with Crippen molar-refractivity contribution in [3.05, 3.63) is 203 Å². The number of para-hydroxylation sites is 1. The zero-order valence-electron chi connectivity index (χ0n) is 27.2. The molecule has 5 aliphatic rings. The average Bonchev–Trinajstić information content (AvgIpc) is 3.55. The first-order chi connectivity index (χ1) is 24.3. The molecule has 0 N–H and O–H groups in total. The highest BCUT2D eigenvalue weighted by atomic mass is 16.3. The van der Waals surface area contributed by atoms with Gasteiger partial charge in [-0.1, -0.05) is 158 Å². The number of fused-ring (bicyclic) bond motifs is 6. The van der Waals surface area contributed by atoms with E-state index in [0.29, 0.717) is 23.7 Å². The van der Waals surface area contributed by atoms with Crippen molar-refractivity contribution in [1.29, 1.82) is 0 Å². The summed E-state index contributed by atoms with van der Waals surface area (Å²) in [5, 5.41) is 5.05.